The van der Waals surface area contributed by atoms with Crippen LogP contribution in [0.2, 0.25) is 0 Å². The Morgan fingerprint density at radius 1 is 1.43 bits per heavy atom. The molecule has 0 saturated carbocycles. The van der Waals surface area contributed by atoms with Crippen LogP contribution in [0.5, 0.6) is 0 Å². The number of aromatic nitrogens is 2. The summed E-state index contributed by atoms with van der Waals surface area (Å²) in [6.07, 6.45) is 1.70. The predicted molar refractivity (Wildman–Crippen MR) is 84.4 cm³/mol. The van der Waals surface area contributed by atoms with Crippen LogP contribution in [-0.2, 0) is 6.54 Å². The quantitative estimate of drug-likeness (QED) is 0.607. The Bertz CT molecular complexity index is 691. The van der Waals surface area contributed by atoms with Gasteiger partial charge in [0.15, 0.2) is 5.69 Å². The molecule has 0 unspecified atom stereocenters. The number of non-ortho nitro benzene ring substituents is 1. The summed E-state index contributed by atoms with van der Waals surface area (Å²) in [4.78, 5) is 22.4. The van der Waals surface area contributed by atoms with Gasteiger partial charge in [0.05, 0.1) is 10.6 Å². The summed E-state index contributed by atoms with van der Waals surface area (Å²) in [5, 5.41) is 17.5. The van der Waals surface area contributed by atoms with Crippen molar-refractivity contribution in [3.05, 3.63) is 49.1 Å². The van der Waals surface area contributed by atoms with Crippen LogP contribution in [0.15, 0.2) is 33.3 Å². The topological polar surface area (TPSA) is 90.1 Å². The summed E-state index contributed by atoms with van der Waals surface area (Å²) in [5.41, 5.74) is 0.604. The van der Waals surface area contributed by atoms with Crippen molar-refractivity contribution >= 4 is 49.1 Å². The standard InChI is InChI=1S/C12H10Br2N4O3/c1-2-17-4-3-10(16-17)12(19)15-11-8(13)5-7(18(20)21)6-9(11)14/h3-6H,2H2,1H3,(H,15,19). The predicted octanol–water partition coefficient (Wildman–Crippen LogP) is 3.59. The first kappa shape index (κ1) is 15.6. The van der Waals surface area contributed by atoms with E-state index < -0.39 is 10.8 Å². The molecular weight excluding hydrogens is 408 g/mol. The van der Waals surface area contributed by atoms with Crippen LogP contribution in [0.4, 0.5) is 11.4 Å². The Balaban J connectivity index is 2.27. The number of hydrogen-bond acceptors (Lipinski definition) is 4. The molecule has 0 atom stereocenters. The summed E-state index contributed by atoms with van der Waals surface area (Å²) in [7, 11) is 0. The van der Waals surface area contributed by atoms with Crippen molar-refractivity contribution in [1.29, 1.82) is 0 Å². The van der Waals surface area contributed by atoms with Gasteiger partial charge in [0.1, 0.15) is 0 Å². The van der Waals surface area contributed by atoms with Gasteiger partial charge in [0.25, 0.3) is 11.6 Å². The normalized spacial score (nSPS) is 10.4. The molecule has 7 nitrogen and oxygen atoms in total. The third-order valence-electron chi connectivity index (χ3n) is 2.67. The summed E-state index contributed by atoms with van der Waals surface area (Å²) in [5.74, 6) is -0.391. The molecule has 0 aliphatic rings. The highest BCUT2D eigenvalue weighted by atomic mass is 79.9. The molecule has 0 bridgehead atoms. The minimum Gasteiger partial charge on any atom is -0.319 e. The van der Waals surface area contributed by atoms with Gasteiger partial charge in [0.2, 0.25) is 0 Å². The van der Waals surface area contributed by atoms with Gasteiger partial charge < -0.3 is 5.32 Å². The number of nitrogens with zero attached hydrogens (tertiary/aromatic N) is 3. The van der Waals surface area contributed by atoms with E-state index in [2.05, 4.69) is 42.3 Å². The Labute approximate surface area is 136 Å². The second kappa shape index (κ2) is 6.35. The van der Waals surface area contributed by atoms with E-state index in [4.69, 9.17) is 0 Å². The molecule has 0 aliphatic carbocycles. The molecule has 2 aromatic rings. The largest absolute Gasteiger partial charge is 0.319 e. The number of carbonyl (C=O) groups is 1. The molecule has 9 heteroatoms. The molecule has 1 aromatic carbocycles. The van der Waals surface area contributed by atoms with Gasteiger partial charge in [0, 0.05) is 33.8 Å². The number of rotatable bonds is 4. The maximum absolute atomic E-state index is 12.1. The number of amides is 1. The summed E-state index contributed by atoms with van der Waals surface area (Å²) >= 11 is 6.42. The zero-order valence-corrected chi connectivity index (χ0v) is 14.0. The Morgan fingerprint density at radius 3 is 2.52 bits per heavy atom. The van der Waals surface area contributed by atoms with Crippen LogP contribution in [0.25, 0.3) is 0 Å². The van der Waals surface area contributed by atoms with E-state index in [0.29, 0.717) is 21.2 Å². The molecule has 2 rings (SSSR count). The van der Waals surface area contributed by atoms with E-state index >= 15 is 0 Å². The molecular formula is C12H10Br2N4O3. The molecule has 0 radical (unpaired) electrons. The second-order valence-electron chi connectivity index (χ2n) is 4.05. The van der Waals surface area contributed by atoms with E-state index in [1.807, 2.05) is 6.92 Å². The monoisotopic (exact) mass is 416 g/mol. The van der Waals surface area contributed by atoms with Gasteiger partial charge >= 0.3 is 0 Å². The fraction of sp³-hybridized carbons (Fsp3) is 0.167. The van der Waals surface area contributed by atoms with Gasteiger partial charge in [-0.25, -0.2) is 0 Å². The van der Waals surface area contributed by atoms with Crippen LogP contribution >= 0.6 is 31.9 Å². The molecule has 0 fully saturated rings. The minimum absolute atomic E-state index is 0.0815. The average molecular weight is 418 g/mol. The lowest BCUT2D eigenvalue weighted by Crippen LogP contribution is -2.14. The van der Waals surface area contributed by atoms with Crippen molar-refractivity contribution in [2.45, 2.75) is 13.5 Å². The number of halogens is 2. The lowest BCUT2D eigenvalue weighted by Gasteiger charge is -2.08. The third kappa shape index (κ3) is 3.48. The number of aryl methyl sites for hydroxylation is 1. The van der Waals surface area contributed by atoms with Crippen molar-refractivity contribution in [3.8, 4) is 0 Å². The SMILES string of the molecule is CCn1ccc(C(=O)Nc2c(Br)cc([N+](=O)[O-])cc2Br)n1. The molecule has 0 spiro atoms. The summed E-state index contributed by atoms with van der Waals surface area (Å²) < 4.78 is 2.45. The lowest BCUT2D eigenvalue weighted by molar-refractivity contribution is -0.385. The zero-order valence-electron chi connectivity index (χ0n) is 10.8. The molecule has 21 heavy (non-hydrogen) atoms. The Morgan fingerprint density at radius 2 is 2.05 bits per heavy atom. The van der Waals surface area contributed by atoms with E-state index in [-0.39, 0.29) is 11.4 Å². The summed E-state index contributed by atoms with van der Waals surface area (Å²) in [6.45, 7) is 2.58. The fourth-order valence-electron chi connectivity index (χ4n) is 1.62. The zero-order chi connectivity index (χ0) is 15.6. The highest BCUT2D eigenvalue weighted by molar-refractivity contribution is 9.11. The molecule has 1 heterocycles. The second-order valence-corrected chi connectivity index (χ2v) is 5.76. The number of carbonyl (C=O) groups excluding carboxylic acids is 1. The Hall–Kier alpha value is -1.74. The van der Waals surface area contributed by atoms with Gasteiger partial charge in [-0.2, -0.15) is 5.10 Å². The molecule has 110 valence electrons. The van der Waals surface area contributed by atoms with Crippen LogP contribution in [0.3, 0.4) is 0 Å². The highest BCUT2D eigenvalue weighted by Gasteiger charge is 2.17. The van der Waals surface area contributed by atoms with Crippen LogP contribution in [0, 0.1) is 10.1 Å². The number of anilines is 1. The van der Waals surface area contributed by atoms with E-state index in [1.165, 1.54) is 12.1 Å². The van der Waals surface area contributed by atoms with E-state index in [1.54, 1.807) is 16.9 Å². The lowest BCUT2D eigenvalue weighted by atomic mass is 10.2. The maximum Gasteiger partial charge on any atom is 0.276 e. The first-order valence-electron chi connectivity index (χ1n) is 5.90. The van der Waals surface area contributed by atoms with Crippen LogP contribution in [-0.4, -0.2) is 20.6 Å². The molecule has 0 saturated heterocycles. The van der Waals surface area contributed by atoms with Crippen molar-refractivity contribution < 1.29 is 9.72 Å². The van der Waals surface area contributed by atoms with E-state index in [0.717, 1.165) is 0 Å². The number of nitrogens with one attached hydrogen (secondary N) is 1. The van der Waals surface area contributed by atoms with E-state index in [9.17, 15) is 14.9 Å². The number of nitro benzene ring substituents is 1. The number of benzene rings is 1. The van der Waals surface area contributed by atoms with Crippen molar-refractivity contribution in [1.82, 2.24) is 9.78 Å². The van der Waals surface area contributed by atoms with Crippen molar-refractivity contribution in [3.63, 3.8) is 0 Å². The first-order chi connectivity index (χ1) is 9.92. The highest BCUT2D eigenvalue weighted by Crippen LogP contribution is 2.35. The maximum atomic E-state index is 12.1. The smallest absolute Gasteiger partial charge is 0.276 e. The van der Waals surface area contributed by atoms with Crippen molar-refractivity contribution in [2.75, 3.05) is 5.32 Å². The first-order valence-corrected chi connectivity index (χ1v) is 7.49. The molecule has 1 aromatic heterocycles. The molecule has 0 aliphatic heterocycles. The van der Waals surface area contributed by atoms with Crippen LogP contribution in [0.1, 0.15) is 17.4 Å². The number of nitro groups is 1. The molecule has 1 amide bonds. The van der Waals surface area contributed by atoms with Gasteiger partial charge in [-0.15, -0.1) is 0 Å². The summed E-state index contributed by atoms with van der Waals surface area (Å²) in [6, 6.07) is 4.25. The Kier molecular flexibility index (Phi) is 4.73. The fourth-order valence-corrected chi connectivity index (χ4v) is 2.98. The minimum atomic E-state index is -0.510. The number of hydrogen-bond donors (Lipinski definition) is 1. The van der Waals surface area contributed by atoms with Gasteiger partial charge in [-0.1, -0.05) is 0 Å². The van der Waals surface area contributed by atoms with Gasteiger partial charge in [-0.05, 0) is 44.8 Å². The van der Waals surface area contributed by atoms with Gasteiger partial charge in [-0.3, -0.25) is 19.6 Å². The molecule has 1 N–H and O–H groups in total. The van der Waals surface area contributed by atoms with Crippen molar-refractivity contribution in [2.24, 2.45) is 0 Å². The third-order valence-corrected chi connectivity index (χ3v) is 3.92. The average Bonchev–Trinajstić information content (AvgIpc) is 2.91. The van der Waals surface area contributed by atoms with Crippen LogP contribution < -0.4 is 5.32 Å².